The maximum atomic E-state index is 12.4. The van der Waals surface area contributed by atoms with Gasteiger partial charge < -0.3 is 32.3 Å². The number of pyridine rings is 1. The third kappa shape index (κ3) is 6.90. The fraction of sp³-hybridized carbons (Fsp3) is 0.444. The summed E-state index contributed by atoms with van der Waals surface area (Å²) in [5.41, 5.74) is 22.2. The Labute approximate surface area is 214 Å². The Balaban J connectivity index is 1.65. The minimum absolute atomic E-state index is 0.156. The first-order valence-corrected chi connectivity index (χ1v) is 12.6. The number of anilines is 1. The number of likely N-dealkylation sites (tertiary alicyclic amines) is 1. The van der Waals surface area contributed by atoms with Crippen molar-refractivity contribution in [2.75, 3.05) is 31.6 Å². The van der Waals surface area contributed by atoms with Crippen molar-refractivity contribution in [3.8, 4) is 0 Å². The molecule has 2 aliphatic heterocycles. The summed E-state index contributed by atoms with van der Waals surface area (Å²) in [4.78, 5) is 25.4. The van der Waals surface area contributed by atoms with E-state index >= 15 is 0 Å². The molecule has 1 unspecified atom stereocenters. The van der Waals surface area contributed by atoms with E-state index in [0.29, 0.717) is 18.8 Å². The molecule has 0 aliphatic carbocycles. The van der Waals surface area contributed by atoms with Crippen LogP contribution in [0.25, 0.3) is 11.6 Å². The van der Waals surface area contributed by atoms with E-state index in [0.717, 1.165) is 54.0 Å². The van der Waals surface area contributed by atoms with Gasteiger partial charge in [-0.15, -0.1) is 0 Å². The lowest BCUT2D eigenvalue weighted by Crippen LogP contribution is -2.45. The molecule has 1 fully saturated rings. The zero-order valence-corrected chi connectivity index (χ0v) is 21.7. The molecule has 1 saturated heterocycles. The molecule has 194 valence electrons. The number of likely N-dealkylation sites (N-methyl/N-ethyl adjacent to an activating group) is 1. The van der Waals surface area contributed by atoms with Crippen molar-refractivity contribution in [2.24, 2.45) is 28.1 Å². The number of hydrogen-bond donors (Lipinski definition) is 4. The van der Waals surface area contributed by atoms with E-state index < -0.39 is 0 Å². The highest BCUT2D eigenvalue weighted by Gasteiger charge is 2.21. The molecule has 0 aromatic carbocycles. The number of carbonyl (C=O) groups excluding carboxylic acids is 1. The molecule has 7 N–H and O–H groups in total. The van der Waals surface area contributed by atoms with E-state index in [4.69, 9.17) is 17.2 Å². The van der Waals surface area contributed by atoms with E-state index in [1.165, 1.54) is 12.6 Å². The molecule has 1 amide bonds. The molecular formula is C27H40N8O. The van der Waals surface area contributed by atoms with E-state index in [9.17, 15) is 4.79 Å². The number of amides is 1. The van der Waals surface area contributed by atoms with Crippen LogP contribution in [0.4, 0.5) is 5.69 Å². The maximum absolute atomic E-state index is 12.4. The van der Waals surface area contributed by atoms with Gasteiger partial charge >= 0.3 is 0 Å². The number of aromatic nitrogens is 1. The van der Waals surface area contributed by atoms with Crippen LogP contribution < -0.4 is 27.4 Å². The lowest BCUT2D eigenvalue weighted by Gasteiger charge is -2.33. The third-order valence-electron chi connectivity index (χ3n) is 6.53. The molecule has 0 radical (unpaired) electrons. The van der Waals surface area contributed by atoms with Gasteiger partial charge in [0, 0.05) is 62.9 Å². The van der Waals surface area contributed by atoms with Gasteiger partial charge in [-0.1, -0.05) is 13.8 Å². The number of nitrogens with one attached hydrogen (secondary N) is 1. The van der Waals surface area contributed by atoms with Crippen LogP contribution >= 0.6 is 0 Å². The number of rotatable bonds is 9. The first-order valence-electron chi connectivity index (χ1n) is 12.6. The van der Waals surface area contributed by atoms with Crippen molar-refractivity contribution >= 4 is 29.5 Å². The van der Waals surface area contributed by atoms with Crippen LogP contribution in [0.2, 0.25) is 0 Å². The fourth-order valence-electron chi connectivity index (χ4n) is 4.28. The minimum atomic E-state index is -0.156. The van der Waals surface area contributed by atoms with E-state index in [2.05, 4.69) is 34.0 Å². The Morgan fingerprint density at radius 1 is 1.25 bits per heavy atom. The average Bonchev–Trinajstić information content (AvgIpc) is 2.89. The second-order valence-electron chi connectivity index (χ2n) is 9.46. The number of carbonyl (C=O) groups is 1. The predicted molar refractivity (Wildman–Crippen MR) is 149 cm³/mol. The fourth-order valence-corrected chi connectivity index (χ4v) is 4.28. The average molecular weight is 493 g/mol. The van der Waals surface area contributed by atoms with Crippen LogP contribution in [0.5, 0.6) is 0 Å². The van der Waals surface area contributed by atoms with Gasteiger partial charge in [0.1, 0.15) is 6.17 Å². The molecule has 36 heavy (non-hydrogen) atoms. The molecule has 3 heterocycles. The van der Waals surface area contributed by atoms with Gasteiger partial charge in [0.15, 0.2) is 0 Å². The van der Waals surface area contributed by atoms with Crippen LogP contribution in [0, 0.1) is 5.92 Å². The SMILES string of the molecule is CC(C)C(=C/N)/C=C(\N)NC1C=Cc2ncc(C(C=NCCC(=O)N3CCCCC3)=CN)cc2N1C. The van der Waals surface area contributed by atoms with Gasteiger partial charge in [-0.25, -0.2) is 0 Å². The van der Waals surface area contributed by atoms with Gasteiger partial charge in [0.25, 0.3) is 0 Å². The van der Waals surface area contributed by atoms with Crippen LogP contribution in [0.3, 0.4) is 0 Å². The van der Waals surface area contributed by atoms with Gasteiger partial charge in [-0.05, 0) is 61.2 Å². The second kappa shape index (κ2) is 12.8. The lowest BCUT2D eigenvalue weighted by molar-refractivity contribution is -0.131. The van der Waals surface area contributed by atoms with Gasteiger partial charge in [0.05, 0.1) is 17.2 Å². The largest absolute Gasteiger partial charge is 0.404 e. The number of nitrogens with two attached hydrogens (primary N) is 3. The highest BCUT2D eigenvalue weighted by Crippen LogP contribution is 2.28. The molecule has 1 aromatic heterocycles. The summed E-state index contributed by atoms with van der Waals surface area (Å²) in [7, 11) is 1.98. The number of fused-ring (bicyclic) bond motifs is 1. The first-order chi connectivity index (χ1) is 17.3. The summed E-state index contributed by atoms with van der Waals surface area (Å²) >= 11 is 0. The highest BCUT2D eigenvalue weighted by atomic mass is 16.2. The van der Waals surface area contributed by atoms with Gasteiger partial charge in [0.2, 0.25) is 5.91 Å². The Morgan fingerprint density at radius 2 is 2.00 bits per heavy atom. The summed E-state index contributed by atoms with van der Waals surface area (Å²) in [6, 6.07) is 2.03. The van der Waals surface area contributed by atoms with Gasteiger partial charge in [-0.3, -0.25) is 14.8 Å². The third-order valence-corrected chi connectivity index (χ3v) is 6.53. The summed E-state index contributed by atoms with van der Waals surface area (Å²) < 4.78 is 0. The standard InChI is InChI=1S/C27H40N8O/c1-19(2)20(15-28)14-25(30)33-26-8-7-23-24(34(26)3)13-21(18-32-23)22(16-29)17-31-10-9-27(36)35-11-5-4-6-12-35/h7-8,13-19,26,33H,4-6,9-12,28-30H2,1-3H3/b20-15+,22-16?,25-14+,31-17?. The molecule has 3 rings (SSSR count). The van der Waals surface area contributed by atoms with Crippen molar-refractivity contribution in [1.82, 2.24) is 15.2 Å². The summed E-state index contributed by atoms with van der Waals surface area (Å²) in [6.45, 7) is 6.28. The van der Waals surface area contributed by atoms with Crippen molar-refractivity contribution in [3.63, 3.8) is 0 Å². The number of allylic oxidation sites excluding steroid dienone is 3. The van der Waals surface area contributed by atoms with Crippen molar-refractivity contribution in [1.29, 1.82) is 0 Å². The van der Waals surface area contributed by atoms with Crippen molar-refractivity contribution < 1.29 is 4.79 Å². The van der Waals surface area contributed by atoms with Crippen molar-refractivity contribution in [3.05, 3.63) is 59.5 Å². The van der Waals surface area contributed by atoms with Gasteiger partial charge in [-0.2, -0.15) is 0 Å². The summed E-state index contributed by atoms with van der Waals surface area (Å²) in [5, 5.41) is 3.32. The molecular weight excluding hydrogens is 452 g/mol. The van der Waals surface area contributed by atoms with Crippen LogP contribution in [0.1, 0.15) is 50.8 Å². The topological polar surface area (TPSA) is 139 Å². The molecule has 9 heteroatoms. The first kappa shape index (κ1) is 26.8. The number of piperidine rings is 1. The van der Waals surface area contributed by atoms with E-state index in [1.54, 1.807) is 18.6 Å². The Bertz CT molecular complexity index is 1060. The zero-order chi connectivity index (χ0) is 26.1. The van der Waals surface area contributed by atoms with Crippen LogP contribution in [0.15, 0.2) is 53.2 Å². The summed E-state index contributed by atoms with van der Waals surface area (Å²) in [6.07, 6.45) is 16.1. The molecule has 1 aromatic rings. The lowest BCUT2D eigenvalue weighted by atomic mass is 10.0. The zero-order valence-electron chi connectivity index (χ0n) is 21.7. The van der Waals surface area contributed by atoms with Crippen LogP contribution in [-0.2, 0) is 4.79 Å². The molecule has 0 bridgehead atoms. The Kier molecular flexibility index (Phi) is 9.55. The molecule has 0 saturated carbocycles. The predicted octanol–water partition coefficient (Wildman–Crippen LogP) is 2.53. The smallest absolute Gasteiger partial charge is 0.224 e. The Hall–Kier alpha value is -3.75. The van der Waals surface area contributed by atoms with Crippen molar-refractivity contribution in [2.45, 2.75) is 45.7 Å². The number of nitrogens with zero attached hydrogens (tertiary/aromatic N) is 4. The monoisotopic (exact) mass is 492 g/mol. The minimum Gasteiger partial charge on any atom is -0.404 e. The molecule has 9 nitrogen and oxygen atoms in total. The quantitative estimate of drug-likeness (QED) is 0.307. The Morgan fingerprint density at radius 3 is 2.67 bits per heavy atom. The molecule has 0 spiro atoms. The molecule has 2 aliphatic rings. The normalized spacial score (nSPS) is 19.2. The van der Waals surface area contributed by atoms with Crippen LogP contribution in [-0.4, -0.2) is 54.9 Å². The number of hydrogen-bond acceptors (Lipinski definition) is 8. The highest BCUT2D eigenvalue weighted by molar-refractivity contribution is 6.10. The number of aliphatic imine (C=N–C) groups is 1. The molecule has 1 atom stereocenters. The summed E-state index contributed by atoms with van der Waals surface area (Å²) in [5.74, 6) is 0.972. The van der Waals surface area contributed by atoms with E-state index in [-0.39, 0.29) is 18.0 Å². The second-order valence-corrected chi connectivity index (χ2v) is 9.46. The maximum Gasteiger partial charge on any atom is 0.224 e. The van der Waals surface area contributed by atoms with E-state index in [1.807, 2.05) is 36.2 Å².